The van der Waals surface area contributed by atoms with Gasteiger partial charge in [-0.15, -0.1) is 0 Å². The van der Waals surface area contributed by atoms with Gasteiger partial charge < -0.3 is 15.5 Å². The molecular formula is C22H19F7N2O6S. The highest BCUT2D eigenvalue weighted by atomic mass is 32.2. The number of benzene rings is 2. The lowest BCUT2D eigenvalue weighted by Gasteiger charge is -2.39. The van der Waals surface area contributed by atoms with E-state index >= 15 is 0 Å². The molecule has 0 saturated carbocycles. The topological polar surface area (TPSA) is 124 Å². The number of hydrogen-bond acceptors (Lipinski definition) is 5. The van der Waals surface area contributed by atoms with E-state index in [0.29, 0.717) is 16.4 Å². The third-order valence-corrected chi connectivity index (χ3v) is 7.74. The first-order chi connectivity index (χ1) is 17.4. The number of alkyl halides is 6. The minimum atomic E-state index is -6.17. The van der Waals surface area contributed by atoms with Gasteiger partial charge in [0.2, 0.25) is 5.91 Å². The van der Waals surface area contributed by atoms with Gasteiger partial charge in [-0.2, -0.15) is 26.3 Å². The quantitative estimate of drug-likeness (QED) is 0.438. The molecule has 3 rings (SSSR count). The molecule has 2 aromatic rings. The summed E-state index contributed by atoms with van der Waals surface area (Å²) in [5, 5.41) is 20.5. The number of anilines is 1. The van der Waals surface area contributed by atoms with Gasteiger partial charge in [0.15, 0.2) is 0 Å². The number of aliphatic hydroxyl groups is 1. The maximum atomic E-state index is 13.5. The van der Waals surface area contributed by atoms with E-state index in [1.807, 2.05) is 5.32 Å². The summed E-state index contributed by atoms with van der Waals surface area (Å²) in [6, 6.07) is 3.45. The molecule has 1 amide bonds. The summed E-state index contributed by atoms with van der Waals surface area (Å²) in [6.07, 6.45) is -13.5. The van der Waals surface area contributed by atoms with Crippen molar-refractivity contribution in [3.63, 3.8) is 0 Å². The van der Waals surface area contributed by atoms with Crippen LogP contribution in [0.2, 0.25) is 0 Å². The zero-order valence-corrected chi connectivity index (χ0v) is 19.8. The van der Waals surface area contributed by atoms with Crippen molar-refractivity contribution in [2.45, 2.75) is 48.2 Å². The Balaban J connectivity index is 2.14. The molecule has 16 heteroatoms. The van der Waals surface area contributed by atoms with Crippen molar-refractivity contribution in [3.8, 4) is 0 Å². The molecule has 1 aliphatic rings. The smallest absolute Gasteiger partial charge is 0.430 e. The number of nitrogens with one attached hydrogen (secondary N) is 1. The van der Waals surface area contributed by atoms with Crippen LogP contribution >= 0.6 is 0 Å². The van der Waals surface area contributed by atoms with Crippen molar-refractivity contribution in [2.75, 3.05) is 10.8 Å². The summed E-state index contributed by atoms with van der Waals surface area (Å²) >= 11 is 0. The van der Waals surface area contributed by atoms with E-state index in [9.17, 15) is 53.8 Å². The monoisotopic (exact) mass is 572 g/mol. The molecule has 1 aliphatic heterocycles. The number of aliphatic carboxylic acids is 1. The molecule has 0 aromatic heterocycles. The van der Waals surface area contributed by atoms with Crippen molar-refractivity contribution < 1.29 is 59.0 Å². The van der Waals surface area contributed by atoms with Gasteiger partial charge in [-0.3, -0.25) is 13.9 Å². The Morgan fingerprint density at radius 2 is 1.58 bits per heavy atom. The van der Waals surface area contributed by atoms with E-state index in [-0.39, 0.29) is 30.2 Å². The molecule has 0 fully saturated rings. The first-order valence-electron chi connectivity index (χ1n) is 10.7. The number of aryl methyl sites for hydroxylation is 1. The number of hydrogen-bond donors (Lipinski definition) is 3. The summed E-state index contributed by atoms with van der Waals surface area (Å²) in [5.74, 6) is -3.08. The van der Waals surface area contributed by atoms with Gasteiger partial charge in [0.25, 0.3) is 15.6 Å². The number of carboxylic acid groups (broad SMARTS) is 1. The predicted molar refractivity (Wildman–Crippen MR) is 116 cm³/mol. The zero-order valence-electron chi connectivity index (χ0n) is 19.0. The van der Waals surface area contributed by atoms with E-state index < -0.39 is 75.1 Å². The third kappa shape index (κ3) is 5.41. The lowest BCUT2D eigenvalue weighted by atomic mass is 9.87. The first-order valence-corrected chi connectivity index (χ1v) is 12.1. The molecule has 38 heavy (non-hydrogen) atoms. The lowest BCUT2D eigenvalue weighted by Crippen LogP contribution is -2.54. The Labute approximate surface area is 210 Å². The molecule has 2 aromatic carbocycles. The van der Waals surface area contributed by atoms with E-state index in [0.717, 1.165) is 24.3 Å². The number of amides is 1. The molecule has 0 saturated heterocycles. The van der Waals surface area contributed by atoms with Gasteiger partial charge in [-0.25, -0.2) is 12.8 Å². The zero-order chi connectivity index (χ0) is 28.7. The van der Waals surface area contributed by atoms with Gasteiger partial charge in [0.1, 0.15) is 12.4 Å². The van der Waals surface area contributed by atoms with Crippen molar-refractivity contribution in [2.24, 2.45) is 0 Å². The van der Waals surface area contributed by atoms with E-state index in [1.54, 1.807) is 0 Å². The largest absolute Gasteiger partial charge is 0.480 e. The van der Waals surface area contributed by atoms with Gasteiger partial charge >= 0.3 is 18.3 Å². The van der Waals surface area contributed by atoms with Gasteiger partial charge in [-0.05, 0) is 48.7 Å². The second-order valence-electron chi connectivity index (χ2n) is 8.37. The second kappa shape index (κ2) is 10.1. The molecule has 3 N–H and O–H groups in total. The fraction of sp³-hybridized carbons (Fsp3) is 0.364. The SMILES string of the molecule is O=C(O)CNC(=O)CC1CCc2cc(C(O)(C(F)(F)F)C(F)(F)F)ccc2N1S(=O)(=O)c1ccc(F)cc1. The maximum Gasteiger partial charge on any atom is 0.430 e. The normalized spacial score (nSPS) is 16.6. The van der Waals surface area contributed by atoms with Gasteiger partial charge in [-0.1, -0.05) is 12.1 Å². The minimum Gasteiger partial charge on any atom is -0.480 e. The van der Waals surface area contributed by atoms with E-state index in [1.165, 1.54) is 0 Å². The Morgan fingerprint density at radius 3 is 2.11 bits per heavy atom. The Hall–Kier alpha value is -3.40. The number of halogens is 7. The maximum absolute atomic E-state index is 13.5. The summed E-state index contributed by atoms with van der Waals surface area (Å²) in [7, 11) is -4.66. The van der Waals surface area contributed by atoms with Crippen molar-refractivity contribution in [3.05, 3.63) is 59.4 Å². The van der Waals surface area contributed by atoms with Crippen LogP contribution in [0.5, 0.6) is 0 Å². The summed E-state index contributed by atoms with van der Waals surface area (Å²) in [4.78, 5) is 22.5. The molecule has 8 nitrogen and oxygen atoms in total. The van der Waals surface area contributed by atoms with Crippen molar-refractivity contribution in [1.82, 2.24) is 5.32 Å². The van der Waals surface area contributed by atoms with Crippen LogP contribution in [0, 0.1) is 5.82 Å². The summed E-state index contributed by atoms with van der Waals surface area (Å²) < 4.78 is 121. The van der Waals surface area contributed by atoms with E-state index in [2.05, 4.69) is 0 Å². The average Bonchev–Trinajstić information content (AvgIpc) is 2.80. The number of carboxylic acids is 1. The Kier molecular flexibility index (Phi) is 7.71. The van der Waals surface area contributed by atoms with Crippen LogP contribution in [0.25, 0.3) is 0 Å². The van der Waals surface area contributed by atoms with E-state index in [4.69, 9.17) is 5.11 Å². The van der Waals surface area contributed by atoms with Crippen LogP contribution < -0.4 is 9.62 Å². The fourth-order valence-electron chi connectivity index (χ4n) is 4.04. The average molecular weight is 572 g/mol. The van der Waals surface area contributed by atoms with Gasteiger partial charge in [0.05, 0.1) is 16.6 Å². The van der Waals surface area contributed by atoms with Crippen LogP contribution in [0.4, 0.5) is 36.4 Å². The molecule has 1 unspecified atom stereocenters. The highest BCUT2D eigenvalue weighted by molar-refractivity contribution is 7.92. The first kappa shape index (κ1) is 29.2. The second-order valence-corrected chi connectivity index (χ2v) is 10.2. The number of rotatable bonds is 7. The Bertz CT molecular complexity index is 1310. The molecule has 1 atom stereocenters. The fourth-order valence-corrected chi connectivity index (χ4v) is 5.76. The molecule has 0 bridgehead atoms. The van der Waals surface area contributed by atoms with Crippen LogP contribution in [-0.2, 0) is 31.6 Å². The number of sulfonamides is 1. The summed E-state index contributed by atoms with van der Waals surface area (Å²) in [6.45, 7) is -0.788. The van der Waals surface area contributed by atoms with Crippen molar-refractivity contribution in [1.29, 1.82) is 0 Å². The van der Waals surface area contributed by atoms with Crippen LogP contribution in [0.15, 0.2) is 47.4 Å². The lowest BCUT2D eigenvalue weighted by molar-refractivity contribution is -0.376. The third-order valence-electron chi connectivity index (χ3n) is 5.86. The molecular weight excluding hydrogens is 553 g/mol. The summed E-state index contributed by atoms with van der Waals surface area (Å²) in [5.41, 5.74) is -7.51. The molecule has 208 valence electrons. The van der Waals surface area contributed by atoms with Crippen molar-refractivity contribution >= 4 is 27.6 Å². The number of carbonyl (C=O) groups excluding carboxylic acids is 1. The minimum absolute atomic E-state index is 0.270. The number of nitrogens with zero attached hydrogens (tertiary/aromatic N) is 1. The predicted octanol–water partition coefficient (Wildman–Crippen LogP) is 3.24. The molecule has 0 spiro atoms. The Morgan fingerprint density at radius 1 is 1.00 bits per heavy atom. The van der Waals surface area contributed by atoms with Crippen LogP contribution in [0.1, 0.15) is 24.0 Å². The number of carbonyl (C=O) groups is 2. The highest BCUT2D eigenvalue weighted by Gasteiger charge is 2.71. The number of fused-ring (bicyclic) bond motifs is 1. The standard InChI is InChI=1S/C22H19F7N2O6S/c23-14-3-6-16(7-4-14)38(36,37)31-15(10-18(32)30-11-19(33)34)5-1-12-9-13(2-8-17(12)31)20(35,21(24,25)26)22(27,28)29/h2-4,6-9,15,35H,1,5,10-11H2,(H,30,32)(H,33,34). The molecule has 1 heterocycles. The van der Waals surface area contributed by atoms with Gasteiger partial charge in [0, 0.05) is 12.0 Å². The van der Waals surface area contributed by atoms with Crippen LogP contribution in [-0.4, -0.2) is 55.4 Å². The molecule has 0 aliphatic carbocycles. The van der Waals surface area contributed by atoms with Crippen LogP contribution in [0.3, 0.4) is 0 Å². The molecule has 0 radical (unpaired) electrons. The highest BCUT2D eigenvalue weighted by Crippen LogP contribution is 2.51.